The smallest absolute Gasteiger partial charge is 0.306 e. The van der Waals surface area contributed by atoms with Crippen molar-refractivity contribution in [3.63, 3.8) is 0 Å². The number of benzene rings is 1. The number of furan rings is 1. The summed E-state index contributed by atoms with van der Waals surface area (Å²) in [5.74, 6) is -0.488. The van der Waals surface area contributed by atoms with Gasteiger partial charge in [0.15, 0.2) is 0 Å². The molecule has 1 aliphatic rings. The van der Waals surface area contributed by atoms with Crippen molar-refractivity contribution in [1.29, 1.82) is 0 Å². The summed E-state index contributed by atoms with van der Waals surface area (Å²) in [5.41, 5.74) is 2.03. The molecule has 1 aromatic heterocycles. The SMILES string of the molecule is Cc1oc(-c2ccccc2)c(C(=O)N(C)CC(=O)N2CCC(C(=O)O)CC2)c1C. The minimum Gasteiger partial charge on any atom is -0.481 e. The van der Waals surface area contributed by atoms with Crippen LogP contribution in [0.5, 0.6) is 0 Å². The highest BCUT2D eigenvalue weighted by Crippen LogP contribution is 2.31. The van der Waals surface area contributed by atoms with Crippen molar-refractivity contribution in [2.24, 2.45) is 5.92 Å². The largest absolute Gasteiger partial charge is 0.481 e. The molecule has 0 unspecified atom stereocenters. The van der Waals surface area contributed by atoms with E-state index < -0.39 is 11.9 Å². The van der Waals surface area contributed by atoms with Gasteiger partial charge in [-0.3, -0.25) is 14.4 Å². The average Bonchev–Trinajstić information content (AvgIpc) is 3.02. The van der Waals surface area contributed by atoms with Gasteiger partial charge in [-0.2, -0.15) is 0 Å². The lowest BCUT2D eigenvalue weighted by molar-refractivity contribution is -0.145. The van der Waals surface area contributed by atoms with Gasteiger partial charge in [-0.1, -0.05) is 30.3 Å². The van der Waals surface area contributed by atoms with Crippen LogP contribution in [0, 0.1) is 19.8 Å². The van der Waals surface area contributed by atoms with E-state index in [0.29, 0.717) is 43.0 Å². The molecule has 0 bridgehead atoms. The first-order valence-electron chi connectivity index (χ1n) is 9.71. The van der Waals surface area contributed by atoms with Crippen LogP contribution in [0.15, 0.2) is 34.7 Å². The number of carbonyl (C=O) groups is 3. The van der Waals surface area contributed by atoms with Gasteiger partial charge in [0, 0.05) is 31.3 Å². The number of hydrogen-bond donors (Lipinski definition) is 1. The third kappa shape index (κ3) is 4.34. The van der Waals surface area contributed by atoms with Crippen molar-refractivity contribution in [1.82, 2.24) is 9.80 Å². The number of piperidine rings is 1. The first-order chi connectivity index (χ1) is 13.8. The summed E-state index contributed by atoms with van der Waals surface area (Å²) in [5, 5.41) is 9.09. The minimum atomic E-state index is -0.816. The van der Waals surface area contributed by atoms with Crippen LogP contribution in [-0.2, 0) is 9.59 Å². The molecule has 154 valence electrons. The van der Waals surface area contributed by atoms with E-state index in [-0.39, 0.29) is 18.4 Å². The summed E-state index contributed by atoms with van der Waals surface area (Å²) in [6.45, 7) is 4.39. The highest BCUT2D eigenvalue weighted by molar-refractivity contribution is 6.02. The highest BCUT2D eigenvalue weighted by atomic mass is 16.4. The normalized spacial score (nSPS) is 14.7. The van der Waals surface area contributed by atoms with Crippen LogP contribution in [0.2, 0.25) is 0 Å². The van der Waals surface area contributed by atoms with Crippen molar-refractivity contribution >= 4 is 17.8 Å². The molecule has 2 aromatic rings. The number of aryl methyl sites for hydroxylation is 1. The summed E-state index contributed by atoms with van der Waals surface area (Å²) in [6.07, 6.45) is 0.883. The molecule has 1 aromatic carbocycles. The van der Waals surface area contributed by atoms with E-state index in [1.165, 1.54) is 4.90 Å². The van der Waals surface area contributed by atoms with E-state index in [9.17, 15) is 14.4 Å². The summed E-state index contributed by atoms with van der Waals surface area (Å²) in [7, 11) is 1.60. The van der Waals surface area contributed by atoms with Gasteiger partial charge in [0.05, 0.1) is 18.0 Å². The standard InChI is InChI=1S/C22H26N2O5/c1-14-15(2)29-20(16-7-5-4-6-8-16)19(14)21(26)23(3)13-18(25)24-11-9-17(10-12-24)22(27)28/h4-8,17H,9-13H2,1-3H3,(H,27,28). The molecular formula is C22H26N2O5. The second kappa shape index (κ2) is 8.51. The number of likely N-dealkylation sites (N-methyl/N-ethyl adjacent to an activating group) is 1. The number of aliphatic carboxylic acids is 1. The Morgan fingerprint density at radius 1 is 1.14 bits per heavy atom. The predicted molar refractivity (Wildman–Crippen MR) is 108 cm³/mol. The third-order valence-corrected chi connectivity index (χ3v) is 5.55. The fourth-order valence-electron chi connectivity index (χ4n) is 3.62. The third-order valence-electron chi connectivity index (χ3n) is 5.55. The fraction of sp³-hybridized carbons (Fsp3) is 0.409. The first kappa shape index (κ1) is 20.6. The Hall–Kier alpha value is -3.09. The lowest BCUT2D eigenvalue weighted by atomic mass is 9.97. The summed E-state index contributed by atoms with van der Waals surface area (Å²) < 4.78 is 5.86. The number of likely N-dealkylation sites (tertiary alicyclic amines) is 1. The number of carboxylic acids is 1. The molecule has 29 heavy (non-hydrogen) atoms. The quantitative estimate of drug-likeness (QED) is 0.836. The maximum absolute atomic E-state index is 13.2. The molecule has 1 fully saturated rings. The van der Waals surface area contributed by atoms with Gasteiger partial charge >= 0.3 is 5.97 Å². The van der Waals surface area contributed by atoms with Crippen LogP contribution in [-0.4, -0.2) is 59.4 Å². The molecule has 1 saturated heterocycles. The number of carbonyl (C=O) groups excluding carboxylic acids is 2. The van der Waals surface area contributed by atoms with E-state index in [0.717, 1.165) is 11.1 Å². The number of amides is 2. The van der Waals surface area contributed by atoms with Crippen LogP contribution in [0.3, 0.4) is 0 Å². The molecule has 0 saturated carbocycles. The maximum Gasteiger partial charge on any atom is 0.306 e. The van der Waals surface area contributed by atoms with Crippen LogP contribution in [0.1, 0.15) is 34.5 Å². The first-order valence-corrected chi connectivity index (χ1v) is 9.71. The number of carboxylic acid groups (broad SMARTS) is 1. The monoisotopic (exact) mass is 398 g/mol. The molecular weight excluding hydrogens is 372 g/mol. The van der Waals surface area contributed by atoms with Gasteiger partial charge in [-0.15, -0.1) is 0 Å². The zero-order valence-electron chi connectivity index (χ0n) is 17.0. The molecule has 1 N–H and O–H groups in total. The minimum absolute atomic E-state index is 0.0610. The van der Waals surface area contributed by atoms with Gasteiger partial charge in [0.2, 0.25) is 5.91 Å². The average molecular weight is 398 g/mol. The molecule has 3 rings (SSSR count). The Labute approximate surface area is 169 Å². The molecule has 0 aliphatic carbocycles. The molecule has 0 radical (unpaired) electrons. The maximum atomic E-state index is 13.2. The lowest BCUT2D eigenvalue weighted by Gasteiger charge is -2.31. The van der Waals surface area contributed by atoms with E-state index in [1.807, 2.05) is 44.2 Å². The fourth-order valence-corrected chi connectivity index (χ4v) is 3.62. The van der Waals surface area contributed by atoms with Gasteiger partial charge in [0.1, 0.15) is 11.5 Å². The van der Waals surface area contributed by atoms with E-state index in [2.05, 4.69) is 0 Å². The topological polar surface area (TPSA) is 91.1 Å². The Bertz CT molecular complexity index is 911. The molecule has 2 amide bonds. The zero-order chi connectivity index (χ0) is 21.1. The molecule has 0 atom stereocenters. The summed E-state index contributed by atoms with van der Waals surface area (Å²) in [4.78, 5) is 39.9. The van der Waals surface area contributed by atoms with E-state index in [4.69, 9.17) is 9.52 Å². The lowest BCUT2D eigenvalue weighted by Crippen LogP contribution is -2.45. The number of nitrogens with zero attached hydrogens (tertiary/aromatic N) is 2. The highest BCUT2D eigenvalue weighted by Gasteiger charge is 2.30. The molecule has 7 heteroatoms. The predicted octanol–water partition coefficient (Wildman–Crippen LogP) is 2.96. The Balaban J connectivity index is 1.73. The van der Waals surface area contributed by atoms with Crippen molar-refractivity contribution in [3.05, 3.63) is 47.2 Å². The van der Waals surface area contributed by atoms with Crippen LogP contribution < -0.4 is 0 Å². The van der Waals surface area contributed by atoms with Crippen molar-refractivity contribution < 1.29 is 23.9 Å². The molecule has 1 aliphatic heterocycles. The number of rotatable bonds is 5. The van der Waals surface area contributed by atoms with Gasteiger partial charge in [0.25, 0.3) is 5.91 Å². The zero-order valence-corrected chi connectivity index (χ0v) is 17.0. The van der Waals surface area contributed by atoms with Gasteiger partial charge < -0.3 is 19.3 Å². The molecule has 7 nitrogen and oxygen atoms in total. The van der Waals surface area contributed by atoms with Crippen LogP contribution in [0.4, 0.5) is 0 Å². The van der Waals surface area contributed by atoms with E-state index >= 15 is 0 Å². The Morgan fingerprint density at radius 3 is 2.34 bits per heavy atom. The van der Waals surface area contributed by atoms with Gasteiger partial charge in [-0.05, 0) is 26.7 Å². The summed E-state index contributed by atoms with van der Waals surface area (Å²) in [6, 6.07) is 9.42. The second-order valence-electron chi connectivity index (χ2n) is 7.51. The van der Waals surface area contributed by atoms with Gasteiger partial charge in [-0.25, -0.2) is 0 Å². The molecule has 0 spiro atoms. The van der Waals surface area contributed by atoms with E-state index in [1.54, 1.807) is 11.9 Å². The molecule has 2 heterocycles. The number of hydrogen-bond acceptors (Lipinski definition) is 4. The van der Waals surface area contributed by atoms with Crippen LogP contribution in [0.25, 0.3) is 11.3 Å². The summed E-state index contributed by atoms with van der Waals surface area (Å²) >= 11 is 0. The Kier molecular flexibility index (Phi) is 6.06. The van der Waals surface area contributed by atoms with Crippen molar-refractivity contribution in [3.8, 4) is 11.3 Å². The van der Waals surface area contributed by atoms with Crippen molar-refractivity contribution in [2.75, 3.05) is 26.7 Å². The Morgan fingerprint density at radius 2 is 1.76 bits per heavy atom. The second-order valence-corrected chi connectivity index (χ2v) is 7.51. The van der Waals surface area contributed by atoms with Crippen molar-refractivity contribution in [2.45, 2.75) is 26.7 Å². The van der Waals surface area contributed by atoms with Crippen LogP contribution >= 0.6 is 0 Å².